The molecule has 0 aromatic heterocycles. The second kappa shape index (κ2) is 7.16. The summed E-state index contributed by atoms with van der Waals surface area (Å²) in [4.78, 5) is 29.2. The summed E-state index contributed by atoms with van der Waals surface area (Å²) in [6.45, 7) is 0. The Hall–Kier alpha value is -1.27. The van der Waals surface area contributed by atoms with Crippen LogP contribution in [0.1, 0.15) is 44.9 Å². The third-order valence-electron chi connectivity index (χ3n) is 5.36. The van der Waals surface area contributed by atoms with E-state index in [0.29, 0.717) is 17.0 Å². The number of nitrogens with zero attached hydrogens (tertiary/aromatic N) is 1. The van der Waals surface area contributed by atoms with Gasteiger partial charge in [0.25, 0.3) is 0 Å². The predicted octanol–water partition coefficient (Wildman–Crippen LogP) is 3.07. The molecule has 4 rings (SSSR count). The predicted molar refractivity (Wildman–Crippen MR) is 100 cm³/mol. The quantitative estimate of drug-likeness (QED) is 0.737. The molecule has 0 aromatic carbocycles. The summed E-state index contributed by atoms with van der Waals surface area (Å²) in [5.74, 6) is 0.891. The minimum atomic E-state index is -0.407. The molecule has 1 aliphatic heterocycles. The Kier molecular flexibility index (Phi) is 4.91. The van der Waals surface area contributed by atoms with Gasteiger partial charge in [-0.05, 0) is 50.4 Å². The lowest BCUT2D eigenvalue weighted by Gasteiger charge is -2.17. The van der Waals surface area contributed by atoms with Gasteiger partial charge in [0, 0.05) is 17.2 Å². The van der Waals surface area contributed by atoms with Crippen molar-refractivity contribution in [2.24, 2.45) is 16.8 Å². The number of halogens is 1. The van der Waals surface area contributed by atoms with Crippen LogP contribution in [0.25, 0.3) is 0 Å². The number of nitrogens with one attached hydrogen (secondary N) is 2. The summed E-state index contributed by atoms with van der Waals surface area (Å²) in [5, 5.41) is 6.74. The van der Waals surface area contributed by atoms with Crippen molar-refractivity contribution >= 4 is 40.3 Å². The molecule has 1 saturated heterocycles. The standard InChI is InChI=1S/C18H22ClN3O2S/c19-12-3-1-2-4-13(12)20-16(23)9-15-17(24)22-18(25-15)21-14-8-10-5-6-11(14)7-10/h5-6,10-11,14-15H,1-4,7-9H2,(H,20,23)(H,21,22,24). The Bertz CT molecular complexity index is 688. The molecule has 134 valence electrons. The number of hydrogen-bond donors (Lipinski definition) is 2. The lowest BCUT2D eigenvalue weighted by molar-refractivity contribution is -0.124. The van der Waals surface area contributed by atoms with Gasteiger partial charge in [0.1, 0.15) is 5.25 Å². The van der Waals surface area contributed by atoms with Gasteiger partial charge in [0.15, 0.2) is 5.17 Å². The van der Waals surface area contributed by atoms with Gasteiger partial charge < -0.3 is 10.6 Å². The number of aliphatic imine (C=N–C) groups is 1. The fourth-order valence-electron chi connectivity index (χ4n) is 4.04. The Morgan fingerprint density at radius 1 is 1.32 bits per heavy atom. The van der Waals surface area contributed by atoms with E-state index < -0.39 is 5.25 Å². The van der Waals surface area contributed by atoms with Gasteiger partial charge >= 0.3 is 0 Å². The van der Waals surface area contributed by atoms with Gasteiger partial charge in [-0.15, -0.1) is 0 Å². The zero-order valence-corrected chi connectivity index (χ0v) is 15.5. The fraction of sp³-hybridized carbons (Fsp3) is 0.611. The molecule has 0 spiro atoms. The molecule has 1 heterocycles. The third-order valence-corrected chi connectivity index (χ3v) is 6.88. The van der Waals surface area contributed by atoms with Crippen LogP contribution in [0.5, 0.6) is 0 Å². The smallest absolute Gasteiger partial charge is 0.240 e. The lowest BCUT2D eigenvalue weighted by atomic mass is 10.0. The zero-order chi connectivity index (χ0) is 17.4. The highest BCUT2D eigenvalue weighted by molar-refractivity contribution is 8.15. The maximum atomic E-state index is 12.3. The van der Waals surface area contributed by atoms with Crippen LogP contribution in [0.2, 0.25) is 0 Å². The van der Waals surface area contributed by atoms with E-state index in [0.717, 1.165) is 42.8 Å². The molecule has 0 aromatic rings. The van der Waals surface area contributed by atoms with Gasteiger partial charge in [-0.2, -0.15) is 0 Å². The van der Waals surface area contributed by atoms with E-state index in [1.54, 1.807) is 0 Å². The molecule has 3 aliphatic carbocycles. The molecule has 2 amide bonds. The molecule has 25 heavy (non-hydrogen) atoms. The summed E-state index contributed by atoms with van der Waals surface area (Å²) in [7, 11) is 0. The number of amides is 2. The normalized spacial score (nSPS) is 35.6. The number of fused-ring (bicyclic) bond motifs is 2. The molecule has 2 bridgehead atoms. The number of allylic oxidation sites excluding steroid dienone is 3. The SMILES string of the molecule is O=C(CC1SC(=NC2CC3C=CC2C3)NC1=O)NC1=C(Cl)CCCC1. The highest BCUT2D eigenvalue weighted by Crippen LogP contribution is 2.41. The maximum Gasteiger partial charge on any atom is 0.240 e. The Morgan fingerprint density at radius 3 is 2.88 bits per heavy atom. The summed E-state index contributed by atoms with van der Waals surface area (Å²) in [5.41, 5.74) is 0.823. The molecule has 5 nitrogen and oxygen atoms in total. The highest BCUT2D eigenvalue weighted by Gasteiger charge is 2.38. The summed E-state index contributed by atoms with van der Waals surface area (Å²) < 4.78 is 0. The lowest BCUT2D eigenvalue weighted by Crippen LogP contribution is -2.31. The van der Waals surface area contributed by atoms with Crippen LogP contribution in [0.3, 0.4) is 0 Å². The van der Waals surface area contributed by atoms with Crippen molar-refractivity contribution in [1.82, 2.24) is 10.6 Å². The monoisotopic (exact) mass is 379 g/mol. The van der Waals surface area contributed by atoms with Gasteiger partial charge in [-0.1, -0.05) is 35.5 Å². The first-order chi connectivity index (χ1) is 12.1. The molecule has 4 unspecified atom stereocenters. The Labute approximate surface area is 156 Å². The number of thioether (sulfide) groups is 1. The maximum absolute atomic E-state index is 12.3. The van der Waals surface area contributed by atoms with Crippen molar-refractivity contribution in [1.29, 1.82) is 0 Å². The largest absolute Gasteiger partial charge is 0.329 e. The minimum Gasteiger partial charge on any atom is -0.329 e. The topological polar surface area (TPSA) is 70.6 Å². The van der Waals surface area contributed by atoms with Crippen molar-refractivity contribution in [3.63, 3.8) is 0 Å². The van der Waals surface area contributed by atoms with Gasteiger partial charge in [0.05, 0.1) is 6.04 Å². The first-order valence-corrected chi connectivity index (χ1v) is 10.3. The van der Waals surface area contributed by atoms with E-state index >= 15 is 0 Å². The molecule has 1 saturated carbocycles. The summed E-state index contributed by atoms with van der Waals surface area (Å²) in [6.07, 6.45) is 10.7. The van der Waals surface area contributed by atoms with Crippen LogP contribution in [-0.4, -0.2) is 28.3 Å². The van der Waals surface area contributed by atoms with Crippen LogP contribution >= 0.6 is 23.4 Å². The number of rotatable bonds is 4. The van der Waals surface area contributed by atoms with Crippen LogP contribution in [-0.2, 0) is 9.59 Å². The van der Waals surface area contributed by atoms with E-state index in [-0.39, 0.29) is 24.3 Å². The molecule has 0 radical (unpaired) electrons. The zero-order valence-electron chi connectivity index (χ0n) is 14.0. The Morgan fingerprint density at radius 2 is 2.16 bits per heavy atom. The van der Waals surface area contributed by atoms with Crippen molar-refractivity contribution in [2.75, 3.05) is 0 Å². The molecule has 7 heteroatoms. The average Bonchev–Trinajstić information content (AvgIpc) is 3.27. The molecule has 4 aliphatic rings. The van der Waals surface area contributed by atoms with Crippen LogP contribution in [0.15, 0.2) is 27.9 Å². The summed E-state index contributed by atoms with van der Waals surface area (Å²) in [6, 6.07) is 0.275. The number of carbonyl (C=O) groups is 2. The third kappa shape index (κ3) is 3.80. The van der Waals surface area contributed by atoms with E-state index in [1.165, 1.54) is 18.2 Å². The average molecular weight is 380 g/mol. The van der Waals surface area contributed by atoms with Crippen molar-refractivity contribution in [2.45, 2.75) is 56.2 Å². The van der Waals surface area contributed by atoms with Crippen molar-refractivity contribution in [3.05, 3.63) is 22.9 Å². The molecular formula is C18H22ClN3O2S. The molecule has 4 atom stereocenters. The van der Waals surface area contributed by atoms with Crippen molar-refractivity contribution in [3.8, 4) is 0 Å². The van der Waals surface area contributed by atoms with Gasteiger partial charge in [0.2, 0.25) is 11.8 Å². The minimum absolute atomic E-state index is 0.124. The van der Waals surface area contributed by atoms with E-state index in [4.69, 9.17) is 16.6 Å². The van der Waals surface area contributed by atoms with Crippen molar-refractivity contribution < 1.29 is 9.59 Å². The van der Waals surface area contributed by atoms with E-state index in [1.807, 2.05) is 0 Å². The molecule has 2 fully saturated rings. The van der Waals surface area contributed by atoms with Crippen LogP contribution < -0.4 is 10.6 Å². The number of amidine groups is 1. The fourth-order valence-corrected chi connectivity index (χ4v) is 5.34. The molecule has 2 N–H and O–H groups in total. The highest BCUT2D eigenvalue weighted by atomic mass is 35.5. The first-order valence-electron chi connectivity index (χ1n) is 8.99. The number of carbonyl (C=O) groups excluding carboxylic acids is 2. The van der Waals surface area contributed by atoms with E-state index in [2.05, 4.69) is 22.8 Å². The molecular weight excluding hydrogens is 358 g/mol. The number of hydrogen-bond acceptors (Lipinski definition) is 4. The Balaban J connectivity index is 1.33. The van der Waals surface area contributed by atoms with Crippen LogP contribution in [0.4, 0.5) is 0 Å². The summed E-state index contributed by atoms with van der Waals surface area (Å²) >= 11 is 7.56. The van der Waals surface area contributed by atoms with E-state index in [9.17, 15) is 9.59 Å². The van der Waals surface area contributed by atoms with Gasteiger partial charge in [-0.3, -0.25) is 14.6 Å². The van der Waals surface area contributed by atoms with Crippen LogP contribution in [0, 0.1) is 11.8 Å². The second-order valence-electron chi connectivity index (χ2n) is 7.22. The van der Waals surface area contributed by atoms with Gasteiger partial charge in [-0.25, -0.2) is 0 Å². The second-order valence-corrected chi connectivity index (χ2v) is 8.87. The first kappa shape index (κ1) is 17.2.